The van der Waals surface area contributed by atoms with Gasteiger partial charge < -0.3 is 16.4 Å². The Morgan fingerprint density at radius 1 is 0.839 bits per heavy atom. The van der Waals surface area contributed by atoms with Crippen LogP contribution in [-0.4, -0.2) is 50.7 Å². The van der Waals surface area contributed by atoms with E-state index in [1.807, 2.05) is 12.1 Å². The van der Waals surface area contributed by atoms with E-state index in [-0.39, 0.29) is 16.7 Å². The van der Waals surface area contributed by atoms with E-state index in [0.29, 0.717) is 50.3 Å². The fourth-order valence-electron chi connectivity index (χ4n) is 3.34. The first-order valence-corrected chi connectivity index (χ1v) is 11.8. The van der Waals surface area contributed by atoms with Crippen molar-refractivity contribution in [3.63, 3.8) is 0 Å². The van der Waals surface area contributed by atoms with Crippen molar-refractivity contribution < 1.29 is 18.0 Å². The molecule has 1 saturated heterocycles. The average molecular weight is 445 g/mol. The molecule has 2 aromatic rings. The van der Waals surface area contributed by atoms with Crippen LogP contribution < -0.4 is 16.4 Å². The molecular formula is C22H28N4O4S. The maximum atomic E-state index is 12.5. The van der Waals surface area contributed by atoms with Gasteiger partial charge in [0.2, 0.25) is 10.0 Å². The molecule has 1 fully saturated rings. The summed E-state index contributed by atoms with van der Waals surface area (Å²) in [6.45, 7) is 2.32. The molecule has 31 heavy (non-hydrogen) atoms. The molecule has 166 valence electrons. The van der Waals surface area contributed by atoms with Gasteiger partial charge in [-0.15, -0.1) is 0 Å². The largest absolute Gasteiger partial charge is 0.352 e. The summed E-state index contributed by atoms with van der Waals surface area (Å²) in [6.07, 6.45) is 2.32. The fourth-order valence-corrected chi connectivity index (χ4v) is 4.86. The van der Waals surface area contributed by atoms with E-state index >= 15 is 0 Å². The molecule has 0 aromatic heterocycles. The minimum Gasteiger partial charge on any atom is -0.352 e. The number of hydrogen-bond donors (Lipinski definition) is 3. The van der Waals surface area contributed by atoms with Crippen molar-refractivity contribution in [2.24, 2.45) is 5.73 Å². The highest BCUT2D eigenvalue weighted by Gasteiger charge is 2.27. The summed E-state index contributed by atoms with van der Waals surface area (Å²) in [6, 6.07) is 13.1. The normalized spacial score (nSPS) is 14.4. The summed E-state index contributed by atoms with van der Waals surface area (Å²) >= 11 is 0. The molecular weight excluding hydrogens is 416 g/mol. The van der Waals surface area contributed by atoms with E-state index in [0.717, 1.165) is 18.4 Å². The Hall–Kier alpha value is -2.75. The van der Waals surface area contributed by atoms with Gasteiger partial charge in [-0.2, -0.15) is 4.31 Å². The van der Waals surface area contributed by atoms with Crippen LogP contribution in [0, 0.1) is 0 Å². The van der Waals surface area contributed by atoms with Crippen LogP contribution in [0.5, 0.6) is 0 Å². The number of amides is 2. The van der Waals surface area contributed by atoms with Gasteiger partial charge in [0, 0.05) is 43.9 Å². The molecule has 0 atom stereocenters. The van der Waals surface area contributed by atoms with Gasteiger partial charge in [0.15, 0.2) is 0 Å². The first-order valence-electron chi connectivity index (χ1n) is 10.4. The zero-order chi connectivity index (χ0) is 22.3. The number of carbonyl (C=O) groups excluding carboxylic acids is 2. The van der Waals surface area contributed by atoms with Crippen molar-refractivity contribution in [2.75, 3.05) is 26.2 Å². The van der Waals surface area contributed by atoms with Crippen molar-refractivity contribution in [2.45, 2.75) is 30.7 Å². The molecule has 2 amide bonds. The third kappa shape index (κ3) is 5.90. The number of sulfonamides is 1. The number of benzene rings is 2. The van der Waals surface area contributed by atoms with E-state index in [4.69, 9.17) is 5.73 Å². The van der Waals surface area contributed by atoms with Gasteiger partial charge in [0.1, 0.15) is 0 Å². The maximum Gasteiger partial charge on any atom is 0.251 e. The van der Waals surface area contributed by atoms with Crippen molar-refractivity contribution in [3.05, 3.63) is 65.2 Å². The van der Waals surface area contributed by atoms with Gasteiger partial charge in [-0.1, -0.05) is 12.1 Å². The summed E-state index contributed by atoms with van der Waals surface area (Å²) in [5, 5.41) is 5.58. The van der Waals surface area contributed by atoms with Gasteiger partial charge in [0.05, 0.1) is 4.90 Å². The summed E-state index contributed by atoms with van der Waals surface area (Å²) in [5.74, 6) is -0.460. The second-order valence-corrected chi connectivity index (χ2v) is 9.34. The van der Waals surface area contributed by atoms with E-state index in [9.17, 15) is 18.0 Å². The monoisotopic (exact) mass is 444 g/mol. The molecule has 9 heteroatoms. The van der Waals surface area contributed by atoms with Crippen LogP contribution in [0.25, 0.3) is 0 Å². The molecule has 3 rings (SSSR count). The number of hydrogen-bond acceptors (Lipinski definition) is 5. The first-order chi connectivity index (χ1) is 14.9. The Balaban J connectivity index is 1.41. The molecule has 0 aliphatic carbocycles. The minimum atomic E-state index is -3.49. The third-order valence-electron chi connectivity index (χ3n) is 5.20. The number of nitrogens with one attached hydrogen (secondary N) is 2. The molecule has 0 unspecified atom stereocenters. The number of nitrogens with zero attached hydrogens (tertiary/aromatic N) is 1. The van der Waals surface area contributed by atoms with Crippen LogP contribution in [0.15, 0.2) is 53.4 Å². The number of nitrogens with two attached hydrogens (primary N) is 1. The molecule has 0 bridgehead atoms. The Bertz CT molecular complexity index is 999. The molecule has 0 spiro atoms. The van der Waals surface area contributed by atoms with Crippen LogP contribution in [0.3, 0.4) is 0 Å². The Morgan fingerprint density at radius 3 is 1.81 bits per heavy atom. The molecule has 4 N–H and O–H groups in total. The number of carbonyl (C=O) groups is 2. The van der Waals surface area contributed by atoms with Gasteiger partial charge in [-0.3, -0.25) is 9.59 Å². The smallest absolute Gasteiger partial charge is 0.251 e. The predicted molar refractivity (Wildman–Crippen MR) is 118 cm³/mol. The summed E-state index contributed by atoms with van der Waals surface area (Å²) in [5.41, 5.74) is 7.46. The Labute approximate surface area is 182 Å². The topological polar surface area (TPSA) is 122 Å². The lowest BCUT2D eigenvalue weighted by Gasteiger charge is -2.15. The van der Waals surface area contributed by atoms with Crippen molar-refractivity contribution in [1.82, 2.24) is 14.9 Å². The average Bonchev–Trinajstić information content (AvgIpc) is 3.35. The second kappa shape index (κ2) is 10.5. The number of rotatable bonds is 9. The van der Waals surface area contributed by atoms with Gasteiger partial charge in [0.25, 0.3) is 11.8 Å². The van der Waals surface area contributed by atoms with Crippen molar-refractivity contribution >= 4 is 21.8 Å². The van der Waals surface area contributed by atoms with Crippen molar-refractivity contribution in [1.29, 1.82) is 0 Å². The molecule has 1 aliphatic rings. The van der Waals surface area contributed by atoms with E-state index in [1.54, 1.807) is 12.1 Å². The third-order valence-corrected chi connectivity index (χ3v) is 7.11. The zero-order valence-corrected chi connectivity index (χ0v) is 18.2. The maximum absolute atomic E-state index is 12.5. The lowest BCUT2D eigenvalue weighted by molar-refractivity contribution is 0.0951. The predicted octanol–water partition coefficient (Wildman–Crippen LogP) is 1.48. The van der Waals surface area contributed by atoms with Crippen molar-refractivity contribution in [3.8, 4) is 0 Å². The van der Waals surface area contributed by atoms with Gasteiger partial charge >= 0.3 is 0 Å². The Morgan fingerprint density at radius 2 is 1.32 bits per heavy atom. The first kappa shape index (κ1) is 22.9. The van der Waals surface area contributed by atoms with E-state index in [1.165, 1.54) is 28.6 Å². The van der Waals surface area contributed by atoms with Crippen LogP contribution in [0.2, 0.25) is 0 Å². The van der Waals surface area contributed by atoms with Crippen LogP contribution in [0.1, 0.15) is 45.5 Å². The summed E-state index contributed by atoms with van der Waals surface area (Å²) in [4.78, 5) is 24.6. The van der Waals surface area contributed by atoms with Crippen LogP contribution in [-0.2, 0) is 16.6 Å². The fraction of sp³-hybridized carbons (Fsp3) is 0.364. The molecule has 1 heterocycles. The quantitative estimate of drug-likeness (QED) is 0.506. The molecule has 0 radical (unpaired) electrons. The van der Waals surface area contributed by atoms with Gasteiger partial charge in [-0.25, -0.2) is 8.42 Å². The standard InChI is InChI=1S/C22H28N4O4S/c23-16-17-4-6-18(7-5-17)21(27)24-12-3-13-25-22(28)19-8-10-20(11-9-19)31(29,30)26-14-1-2-15-26/h4-11H,1-3,12-16,23H2,(H,24,27)(H,25,28). The second-order valence-electron chi connectivity index (χ2n) is 7.40. The van der Waals surface area contributed by atoms with Gasteiger partial charge in [-0.05, 0) is 61.2 Å². The van der Waals surface area contributed by atoms with E-state index in [2.05, 4.69) is 10.6 Å². The zero-order valence-electron chi connectivity index (χ0n) is 17.3. The van der Waals surface area contributed by atoms with Crippen LogP contribution >= 0.6 is 0 Å². The Kier molecular flexibility index (Phi) is 7.78. The minimum absolute atomic E-state index is 0.176. The highest BCUT2D eigenvalue weighted by molar-refractivity contribution is 7.89. The molecule has 0 saturated carbocycles. The lowest BCUT2D eigenvalue weighted by atomic mass is 10.1. The highest BCUT2D eigenvalue weighted by atomic mass is 32.2. The molecule has 8 nitrogen and oxygen atoms in total. The molecule has 2 aromatic carbocycles. The summed E-state index contributed by atoms with van der Waals surface area (Å²) < 4.78 is 26.5. The van der Waals surface area contributed by atoms with E-state index < -0.39 is 10.0 Å². The summed E-state index contributed by atoms with van der Waals surface area (Å²) in [7, 11) is -3.49. The van der Waals surface area contributed by atoms with Crippen LogP contribution in [0.4, 0.5) is 0 Å². The highest BCUT2D eigenvalue weighted by Crippen LogP contribution is 2.21. The molecule has 1 aliphatic heterocycles. The SMILES string of the molecule is NCc1ccc(C(=O)NCCCNC(=O)c2ccc(S(=O)(=O)N3CCCC3)cc2)cc1. The lowest BCUT2D eigenvalue weighted by Crippen LogP contribution is -2.30.